The molecule has 0 aromatic carbocycles. The zero-order chi connectivity index (χ0) is 8.44. The van der Waals surface area contributed by atoms with Crippen molar-refractivity contribution in [3.63, 3.8) is 0 Å². The average Bonchev–Trinajstić information content (AvgIpc) is 2.05. The summed E-state index contributed by atoms with van der Waals surface area (Å²) >= 11 is 0. The van der Waals surface area contributed by atoms with E-state index in [2.05, 4.69) is 0 Å². The lowest BCUT2D eigenvalue weighted by Gasteiger charge is -2.42. The van der Waals surface area contributed by atoms with E-state index in [9.17, 15) is 4.79 Å². The molecular formula is C8H14BrNO3. The molecule has 13 heavy (non-hydrogen) atoms. The minimum absolute atomic E-state index is 0. The Kier molecular flexibility index (Phi) is 3.70. The maximum atomic E-state index is 11.1. The molecule has 2 heterocycles. The highest BCUT2D eigenvalue weighted by Crippen LogP contribution is 2.14. The van der Waals surface area contributed by atoms with Crippen molar-refractivity contribution in [2.45, 2.75) is 0 Å². The first-order valence-corrected chi connectivity index (χ1v) is 4.39. The Balaban J connectivity index is 0.000000845. The number of quaternary nitrogens is 1. The van der Waals surface area contributed by atoms with Gasteiger partial charge in [0, 0.05) is 0 Å². The maximum absolute atomic E-state index is 11.1. The van der Waals surface area contributed by atoms with Crippen LogP contribution in [0.25, 0.3) is 0 Å². The van der Waals surface area contributed by atoms with Crippen molar-refractivity contribution >= 4 is 5.97 Å². The van der Waals surface area contributed by atoms with E-state index in [0.717, 1.165) is 37.3 Å². The Morgan fingerprint density at radius 1 is 1.08 bits per heavy atom. The maximum Gasteiger partial charge on any atom is 0.362 e. The van der Waals surface area contributed by atoms with Gasteiger partial charge >= 0.3 is 5.97 Å². The molecule has 2 aliphatic heterocycles. The van der Waals surface area contributed by atoms with Gasteiger partial charge in [-0.15, -0.1) is 0 Å². The molecule has 0 amide bonds. The fourth-order valence-electron chi connectivity index (χ4n) is 1.86. The first-order valence-electron chi connectivity index (χ1n) is 4.39. The van der Waals surface area contributed by atoms with Crippen molar-refractivity contribution in [1.82, 2.24) is 0 Å². The molecule has 0 atom stereocenters. The number of cyclic esters (lactones) is 1. The van der Waals surface area contributed by atoms with Crippen LogP contribution in [0.1, 0.15) is 0 Å². The summed E-state index contributed by atoms with van der Waals surface area (Å²) < 4.78 is 11.1. The number of halogens is 1. The van der Waals surface area contributed by atoms with Crippen LogP contribution in [0.15, 0.2) is 0 Å². The fourth-order valence-corrected chi connectivity index (χ4v) is 1.86. The highest BCUT2D eigenvalue weighted by Gasteiger charge is 2.36. The summed E-state index contributed by atoms with van der Waals surface area (Å²) in [6.45, 7) is 5.60. The van der Waals surface area contributed by atoms with E-state index >= 15 is 0 Å². The van der Waals surface area contributed by atoms with Crippen molar-refractivity contribution < 1.29 is 35.7 Å². The van der Waals surface area contributed by atoms with E-state index in [1.165, 1.54) is 0 Å². The van der Waals surface area contributed by atoms with Crippen LogP contribution in [0.2, 0.25) is 0 Å². The normalized spacial score (nSPS) is 26.3. The predicted molar refractivity (Wildman–Crippen MR) is 41.5 cm³/mol. The number of rotatable bonds is 0. The van der Waals surface area contributed by atoms with E-state index in [4.69, 9.17) is 9.47 Å². The lowest BCUT2D eigenvalue weighted by atomic mass is 10.2. The van der Waals surface area contributed by atoms with Crippen molar-refractivity contribution in [2.75, 3.05) is 46.0 Å². The predicted octanol–water partition coefficient (Wildman–Crippen LogP) is -3.61. The molecule has 2 saturated heterocycles. The molecule has 2 aliphatic rings. The third-order valence-corrected chi connectivity index (χ3v) is 2.71. The number of ether oxygens (including phenoxy) is 2. The summed E-state index contributed by atoms with van der Waals surface area (Å²) in [7, 11) is 0. The van der Waals surface area contributed by atoms with Gasteiger partial charge in [0.2, 0.25) is 0 Å². The lowest BCUT2D eigenvalue weighted by Crippen LogP contribution is -3.00. The van der Waals surface area contributed by atoms with Gasteiger partial charge in [-0.1, -0.05) is 0 Å². The van der Waals surface area contributed by atoms with Gasteiger partial charge in [-0.25, -0.2) is 4.79 Å². The molecule has 76 valence electrons. The first kappa shape index (κ1) is 10.9. The monoisotopic (exact) mass is 251 g/mol. The van der Waals surface area contributed by atoms with E-state index < -0.39 is 0 Å². The molecule has 0 aromatic heterocycles. The molecule has 2 fully saturated rings. The van der Waals surface area contributed by atoms with Gasteiger partial charge in [-0.05, 0) is 0 Å². The SMILES string of the molecule is O=C1C[N+]2(CCOCC2)CCO1.[Br-]. The first-order chi connectivity index (χ1) is 5.81. The summed E-state index contributed by atoms with van der Waals surface area (Å²) in [5.41, 5.74) is 0. The summed E-state index contributed by atoms with van der Waals surface area (Å²) in [4.78, 5) is 11.1. The third-order valence-electron chi connectivity index (χ3n) is 2.71. The highest BCUT2D eigenvalue weighted by atomic mass is 79.9. The van der Waals surface area contributed by atoms with Gasteiger partial charge < -0.3 is 30.9 Å². The van der Waals surface area contributed by atoms with Crippen LogP contribution in [-0.4, -0.2) is 56.5 Å². The van der Waals surface area contributed by atoms with E-state index in [0.29, 0.717) is 13.2 Å². The molecular weight excluding hydrogens is 238 g/mol. The molecule has 0 unspecified atom stereocenters. The minimum Gasteiger partial charge on any atom is -1.00 e. The number of nitrogens with zero attached hydrogens (tertiary/aromatic N) is 1. The standard InChI is InChI=1S/C8H14NO3.BrH/c10-8-7-9(3-6-12-8)1-4-11-5-2-9;/h1-7H2;1H/q+1;/p-1. The average molecular weight is 252 g/mol. The Morgan fingerprint density at radius 2 is 1.69 bits per heavy atom. The molecule has 0 aliphatic carbocycles. The minimum atomic E-state index is -0.0526. The summed E-state index contributed by atoms with van der Waals surface area (Å²) in [6, 6.07) is 0. The molecule has 0 aromatic rings. The van der Waals surface area contributed by atoms with Gasteiger partial charge in [0.1, 0.15) is 26.2 Å². The van der Waals surface area contributed by atoms with Crippen molar-refractivity contribution in [2.24, 2.45) is 0 Å². The quantitative estimate of drug-likeness (QED) is 0.330. The molecule has 2 rings (SSSR count). The molecule has 0 radical (unpaired) electrons. The van der Waals surface area contributed by atoms with Crippen LogP contribution in [-0.2, 0) is 14.3 Å². The molecule has 0 N–H and O–H groups in total. The van der Waals surface area contributed by atoms with Crippen LogP contribution in [0.5, 0.6) is 0 Å². The number of carbonyl (C=O) groups excluding carboxylic acids is 1. The van der Waals surface area contributed by atoms with Crippen molar-refractivity contribution in [1.29, 1.82) is 0 Å². The smallest absolute Gasteiger partial charge is 0.362 e. The van der Waals surface area contributed by atoms with Gasteiger partial charge in [0.05, 0.1) is 13.2 Å². The number of hydrogen-bond donors (Lipinski definition) is 0. The second kappa shape index (κ2) is 4.39. The van der Waals surface area contributed by atoms with Crippen LogP contribution in [0.4, 0.5) is 0 Å². The van der Waals surface area contributed by atoms with E-state index in [1.807, 2.05) is 0 Å². The van der Waals surface area contributed by atoms with Gasteiger partial charge in [0.25, 0.3) is 0 Å². The van der Waals surface area contributed by atoms with Crippen LogP contribution < -0.4 is 17.0 Å². The molecule has 4 nitrogen and oxygen atoms in total. The highest BCUT2D eigenvalue weighted by molar-refractivity contribution is 5.71. The number of esters is 1. The van der Waals surface area contributed by atoms with Crippen LogP contribution >= 0.6 is 0 Å². The molecule has 0 bridgehead atoms. The molecule has 0 saturated carbocycles. The van der Waals surface area contributed by atoms with Crippen LogP contribution in [0, 0.1) is 0 Å². The van der Waals surface area contributed by atoms with Crippen molar-refractivity contribution in [3.8, 4) is 0 Å². The number of carbonyl (C=O) groups is 1. The second-order valence-corrected chi connectivity index (χ2v) is 3.50. The zero-order valence-corrected chi connectivity index (χ0v) is 9.09. The van der Waals surface area contributed by atoms with E-state index in [-0.39, 0.29) is 23.0 Å². The zero-order valence-electron chi connectivity index (χ0n) is 7.50. The largest absolute Gasteiger partial charge is 1.00 e. The summed E-state index contributed by atoms with van der Waals surface area (Å²) in [5, 5.41) is 0. The van der Waals surface area contributed by atoms with Gasteiger partial charge in [-0.3, -0.25) is 0 Å². The fraction of sp³-hybridized carbons (Fsp3) is 0.875. The van der Waals surface area contributed by atoms with Crippen molar-refractivity contribution in [3.05, 3.63) is 0 Å². The number of hydrogen-bond acceptors (Lipinski definition) is 3. The van der Waals surface area contributed by atoms with Gasteiger partial charge in [-0.2, -0.15) is 0 Å². The second-order valence-electron chi connectivity index (χ2n) is 3.50. The Bertz CT molecular complexity index is 186. The number of morpholine rings is 2. The molecule has 1 spiro atoms. The summed E-state index contributed by atoms with van der Waals surface area (Å²) in [6.07, 6.45) is 0. The molecule has 5 heteroatoms. The lowest BCUT2D eigenvalue weighted by molar-refractivity contribution is -0.932. The topological polar surface area (TPSA) is 35.5 Å². The summed E-state index contributed by atoms with van der Waals surface area (Å²) in [5.74, 6) is -0.0526. The Morgan fingerprint density at radius 3 is 2.31 bits per heavy atom. The Hall–Kier alpha value is -0.130. The third kappa shape index (κ3) is 2.42. The van der Waals surface area contributed by atoms with E-state index in [1.54, 1.807) is 0 Å². The van der Waals surface area contributed by atoms with Gasteiger partial charge in [0.15, 0.2) is 6.54 Å². The Labute approximate surface area is 88.2 Å². The van der Waals surface area contributed by atoms with Crippen LogP contribution in [0.3, 0.4) is 0 Å².